The minimum Gasteiger partial charge on any atom is -0.462 e. The van der Waals surface area contributed by atoms with Crippen molar-refractivity contribution >= 4 is 22.2 Å². The van der Waals surface area contributed by atoms with Crippen LogP contribution in [0, 0.1) is 13.8 Å². The molecule has 29 heavy (non-hydrogen) atoms. The highest BCUT2D eigenvalue weighted by atomic mass is 32.2. The van der Waals surface area contributed by atoms with Crippen LogP contribution in [0.1, 0.15) is 29.1 Å². The first-order chi connectivity index (χ1) is 14.1. The van der Waals surface area contributed by atoms with Crippen LogP contribution < -0.4 is 10.2 Å². The van der Waals surface area contributed by atoms with Gasteiger partial charge in [0.15, 0.2) is 0 Å². The third kappa shape index (κ3) is 3.88. The summed E-state index contributed by atoms with van der Waals surface area (Å²) in [5, 5.41) is 12.5. The number of hydrogen-bond acceptors (Lipinski definition) is 5. The van der Waals surface area contributed by atoms with Crippen molar-refractivity contribution in [3.63, 3.8) is 0 Å². The molecule has 1 aliphatic heterocycles. The zero-order chi connectivity index (χ0) is 20.4. The molecule has 3 aromatic rings. The van der Waals surface area contributed by atoms with Crippen molar-refractivity contribution < 1.29 is 13.7 Å². The Morgan fingerprint density at radius 2 is 1.83 bits per heavy atom. The van der Waals surface area contributed by atoms with E-state index in [1.807, 2.05) is 30.3 Å². The summed E-state index contributed by atoms with van der Waals surface area (Å²) in [5.74, 6) is 1.41. The van der Waals surface area contributed by atoms with E-state index in [0.717, 1.165) is 46.4 Å². The van der Waals surface area contributed by atoms with Gasteiger partial charge in [0.1, 0.15) is 18.1 Å². The summed E-state index contributed by atoms with van der Waals surface area (Å²) in [6.07, 6.45) is 0.932. The molecule has 0 aliphatic carbocycles. The molecule has 0 spiro atoms. The molecule has 5 nitrogen and oxygen atoms in total. The van der Waals surface area contributed by atoms with E-state index in [1.54, 1.807) is 6.07 Å². The van der Waals surface area contributed by atoms with Crippen LogP contribution >= 0.6 is 0 Å². The fourth-order valence-corrected chi connectivity index (χ4v) is 5.18. The Morgan fingerprint density at radius 3 is 2.62 bits per heavy atom. The molecule has 0 radical (unpaired) electrons. The second kappa shape index (κ2) is 8.53. The zero-order valence-corrected chi connectivity index (χ0v) is 17.6. The third-order valence-electron chi connectivity index (χ3n) is 5.40. The number of hydrogen-bond donors (Lipinski definition) is 2. The Kier molecular flexibility index (Phi) is 5.85. The molecule has 1 aromatic heterocycles. The average molecular weight is 411 g/mol. The van der Waals surface area contributed by atoms with E-state index in [2.05, 4.69) is 36.2 Å². The largest absolute Gasteiger partial charge is 0.462 e. The standard InChI is InChI=1S/C23H26N2O3S/c1-16-8-11-22-23(17(16)2)25(20-6-3-4-7-21(20)29(22)27)13-5-12-24-14-18-9-10-19(15-26)28-18/h3-4,6-11,24,26H,5,12-15H2,1-2H3. The fourth-order valence-electron chi connectivity index (χ4n) is 3.75. The highest BCUT2D eigenvalue weighted by Crippen LogP contribution is 2.44. The fraction of sp³-hybridized carbons (Fsp3) is 0.304. The second-order valence-corrected chi connectivity index (χ2v) is 8.72. The van der Waals surface area contributed by atoms with E-state index in [4.69, 9.17) is 9.52 Å². The van der Waals surface area contributed by atoms with Gasteiger partial charge in [-0.3, -0.25) is 0 Å². The summed E-state index contributed by atoms with van der Waals surface area (Å²) in [6, 6.07) is 15.7. The molecule has 1 atom stereocenters. The van der Waals surface area contributed by atoms with Gasteiger partial charge in [0.05, 0.1) is 38.5 Å². The van der Waals surface area contributed by atoms with Gasteiger partial charge in [-0.25, -0.2) is 4.21 Å². The van der Waals surface area contributed by atoms with Crippen LogP contribution in [0.2, 0.25) is 0 Å². The molecule has 2 heterocycles. The van der Waals surface area contributed by atoms with Gasteiger partial charge in [0.25, 0.3) is 0 Å². The predicted molar refractivity (Wildman–Crippen MR) is 115 cm³/mol. The first-order valence-corrected chi connectivity index (χ1v) is 11.0. The van der Waals surface area contributed by atoms with Crippen molar-refractivity contribution in [2.75, 3.05) is 18.0 Å². The van der Waals surface area contributed by atoms with Crippen LogP contribution in [0.25, 0.3) is 0 Å². The second-order valence-electron chi connectivity index (χ2n) is 7.30. The summed E-state index contributed by atoms with van der Waals surface area (Å²) >= 11 is 0. The maximum Gasteiger partial charge on any atom is 0.129 e. The molecule has 1 unspecified atom stereocenters. The zero-order valence-electron chi connectivity index (χ0n) is 16.8. The minimum absolute atomic E-state index is 0.0755. The van der Waals surface area contributed by atoms with Crippen LogP contribution in [-0.2, 0) is 24.0 Å². The van der Waals surface area contributed by atoms with E-state index in [1.165, 1.54) is 11.1 Å². The molecule has 6 heteroatoms. The molecular weight excluding hydrogens is 384 g/mol. The van der Waals surface area contributed by atoms with Crippen LogP contribution in [-0.4, -0.2) is 22.4 Å². The van der Waals surface area contributed by atoms with Crippen LogP contribution in [0.15, 0.2) is 62.7 Å². The monoisotopic (exact) mass is 410 g/mol. The lowest BCUT2D eigenvalue weighted by Gasteiger charge is -2.34. The summed E-state index contributed by atoms with van der Waals surface area (Å²) in [6.45, 7) is 6.43. The summed E-state index contributed by atoms with van der Waals surface area (Å²) < 4.78 is 18.6. The molecule has 0 saturated heterocycles. The van der Waals surface area contributed by atoms with Gasteiger partial charge in [-0.2, -0.15) is 0 Å². The molecule has 0 saturated carbocycles. The Morgan fingerprint density at radius 1 is 1.03 bits per heavy atom. The smallest absolute Gasteiger partial charge is 0.129 e. The quantitative estimate of drug-likeness (QED) is 0.572. The van der Waals surface area contributed by atoms with Crippen molar-refractivity contribution in [3.05, 3.63) is 71.2 Å². The molecule has 4 rings (SSSR count). The van der Waals surface area contributed by atoms with Crippen molar-refractivity contribution in [2.24, 2.45) is 0 Å². The molecule has 2 N–H and O–H groups in total. The third-order valence-corrected chi connectivity index (χ3v) is 6.87. The van der Waals surface area contributed by atoms with Gasteiger partial charge < -0.3 is 19.7 Å². The maximum absolute atomic E-state index is 13.1. The lowest BCUT2D eigenvalue weighted by Crippen LogP contribution is -2.28. The van der Waals surface area contributed by atoms with Gasteiger partial charge >= 0.3 is 0 Å². The van der Waals surface area contributed by atoms with Crippen molar-refractivity contribution in [1.82, 2.24) is 5.32 Å². The Hall–Kier alpha value is -2.41. The maximum atomic E-state index is 13.1. The topological polar surface area (TPSA) is 65.7 Å². The van der Waals surface area contributed by atoms with Gasteiger partial charge in [-0.1, -0.05) is 18.2 Å². The van der Waals surface area contributed by atoms with E-state index in [-0.39, 0.29) is 6.61 Å². The number of para-hydroxylation sites is 1. The molecule has 152 valence electrons. The van der Waals surface area contributed by atoms with Crippen molar-refractivity contribution in [2.45, 2.75) is 43.2 Å². The predicted octanol–water partition coefficient (Wildman–Crippen LogP) is 4.19. The van der Waals surface area contributed by atoms with Crippen LogP contribution in [0.5, 0.6) is 0 Å². The lowest BCUT2D eigenvalue weighted by molar-refractivity contribution is 0.243. The number of aliphatic hydroxyl groups excluding tert-OH is 1. The van der Waals surface area contributed by atoms with Gasteiger partial charge in [-0.05, 0) is 68.3 Å². The summed E-state index contributed by atoms with van der Waals surface area (Å²) in [4.78, 5) is 4.09. The molecule has 0 amide bonds. The Labute approximate surface area is 173 Å². The van der Waals surface area contributed by atoms with Crippen LogP contribution in [0.4, 0.5) is 11.4 Å². The van der Waals surface area contributed by atoms with Gasteiger partial charge in [0, 0.05) is 6.54 Å². The number of benzene rings is 2. The summed E-state index contributed by atoms with van der Waals surface area (Å²) in [7, 11) is -1.15. The summed E-state index contributed by atoms with van der Waals surface area (Å²) in [5.41, 5.74) is 4.51. The van der Waals surface area contributed by atoms with E-state index >= 15 is 0 Å². The number of aryl methyl sites for hydroxylation is 1. The highest BCUT2D eigenvalue weighted by Gasteiger charge is 2.29. The normalized spacial score (nSPS) is 15.3. The Balaban J connectivity index is 1.49. The van der Waals surface area contributed by atoms with E-state index in [9.17, 15) is 4.21 Å². The molecule has 1 aliphatic rings. The molecule has 2 aromatic carbocycles. The van der Waals surface area contributed by atoms with Crippen molar-refractivity contribution in [1.29, 1.82) is 0 Å². The Bertz CT molecular complexity index is 1040. The highest BCUT2D eigenvalue weighted by molar-refractivity contribution is 7.85. The van der Waals surface area contributed by atoms with E-state index in [0.29, 0.717) is 12.3 Å². The van der Waals surface area contributed by atoms with E-state index < -0.39 is 10.8 Å². The molecule has 0 fully saturated rings. The number of anilines is 2. The molecule has 0 bridgehead atoms. The number of rotatable bonds is 7. The van der Waals surface area contributed by atoms with Gasteiger partial charge in [-0.15, -0.1) is 0 Å². The number of aliphatic hydroxyl groups is 1. The number of nitrogens with one attached hydrogen (secondary N) is 1. The molecular formula is C23H26N2O3S. The minimum atomic E-state index is -1.15. The lowest BCUT2D eigenvalue weighted by atomic mass is 10.1. The first-order valence-electron chi connectivity index (χ1n) is 9.88. The van der Waals surface area contributed by atoms with Gasteiger partial charge in [0.2, 0.25) is 0 Å². The average Bonchev–Trinajstić information content (AvgIpc) is 3.20. The van der Waals surface area contributed by atoms with Crippen molar-refractivity contribution in [3.8, 4) is 0 Å². The number of furan rings is 1. The SMILES string of the molecule is Cc1ccc2c(c1C)N(CCCNCc1ccc(CO)o1)c1ccccc1S2=O. The number of nitrogens with zero attached hydrogens (tertiary/aromatic N) is 1. The number of fused-ring (bicyclic) bond motifs is 2. The first kappa shape index (κ1) is 19.9. The van der Waals surface area contributed by atoms with Crippen LogP contribution in [0.3, 0.4) is 0 Å².